The van der Waals surface area contributed by atoms with Gasteiger partial charge in [0.15, 0.2) is 0 Å². The maximum atomic E-state index is 5.07. The van der Waals surface area contributed by atoms with E-state index in [4.69, 9.17) is 4.74 Å². The second kappa shape index (κ2) is 6.05. The Hall–Kier alpha value is -1.88. The summed E-state index contributed by atoms with van der Waals surface area (Å²) in [6, 6.07) is 6.23. The zero-order valence-electron chi connectivity index (χ0n) is 11.8. The van der Waals surface area contributed by atoms with Gasteiger partial charge in [0, 0.05) is 32.6 Å². The summed E-state index contributed by atoms with van der Waals surface area (Å²) in [5, 5.41) is 4.45. The summed E-state index contributed by atoms with van der Waals surface area (Å²) in [5.41, 5.74) is 2.12. The molecule has 3 heterocycles. The summed E-state index contributed by atoms with van der Waals surface area (Å²) in [6.07, 6.45) is 6.48. The monoisotopic (exact) mass is 272 g/mol. The zero-order chi connectivity index (χ0) is 13.8. The first-order valence-electron chi connectivity index (χ1n) is 7.06. The molecule has 0 unspecified atom stereocenters. The van der Waals surface area contributed by atoms with Crippen LogP contribution in [0.1, 0.15) is 24.1 Å². The summed E-state index contributed by atoms with van der Waals surface area (Å²) in [6.45, 7) is 3.56. The molecule has 5 nitrogen and oxygen atoms in total. The van der Waals surface area contributed by atoms with E-state index in [1.165, 1.54) is 18.4 Å². The minimum atomic E-state index is 0.555. The lowest BCUT2D eigenvalue weighted by Crippen LogP contribution is -2.18. The Kier molecular flexibility index (Phi) is 3.97. The van der Waals surface area contributed by atoms with E-state index in [0.717, 1.165) is 31.1 Å². The van der Waals surface area contributed by atoms with Gasteiger partial charge >= 0.3 is 0 Å². The molecule has 20 heavy (non-hydrogen) atoms. The third-order valence-corrected chi connectivity index (χ3v) is 3.57. The van der Waals surface area contributed by atoms with E-state index in [2.05, 4.69) is 27.1 Å². The standard InChI is InChI=1S/C15H20N4O/c1-20-12-14-6-9-19(17-14)11-13-4-5-15(16-10-13)18-7-2-3-8-18/h4-6,9-10H,2-3,7-8,11-12H2,1H3. The van der Waals surface area contributed by atoms with Gasteiger partial charge in [0.1, 0.15) is 5.82 Å². The van der Waals surface area contributed by atoms with Gasteiger partial charge in [-0.1, -0.05) is 6.07 Å². The SMILES string of the molecule is COCc1ccn(Cc2ccc(N3CCCC3)nc2)n1. The third-order valence-electron chi connectivity index (χ3n) is 3.57. The lowest BCUT2D eigenvalue weighted by atomic mass is 10.3. The van der Waals surface area contributed by atoms with Crippen LogP contribution in [0.2, 0.25) is 0 Å². The Morgan fingerprint density at radius 3 is 2.75 bits per heavy atom. The number of pyridine rings is 1. The van der Waals surface area contributed by atoms with Gasteiger partial charge in [-0.3, -0.25) is 4.68 Å². The van der Waals surface area contributed by atoms with Crippen LogP contribution in [0.3, 0.4) is 0 Å². The van der Waals surface area contributed by atoms with Gasteiger partial charge in [-0.25, -0.2) is 4.98 Å². The number of methoxy groups -OCH3 is 1. The van der Waals surface area contributed by atoms with E-state index in [9.17, 15) is 0 Å². The van der Waals surface area contributed by atoms with Crippen LogP contribution in [-0.2, 0) is 17.9 Å². The molecule has 106 valence electrons. The summed E-state index contributed by atoms with van der Waals surface area (Å²) in [4.78, 5) is 6.90. The molecular formula is C15H20N4O. The molecule has 5 heteroatoms. The van der Waals surface area contributed by atoms with Gasteiger partial charge in [0.25, 0.3) is 0 Å². The maximum absolute atomic E-state index is 5.07. The normalized spacial score (nSPS) is 14.9. The van der Waals surface area contributed by atoms with Gasteiger partial charge in [-0.15, -0.1) is 0 Å². The Labute approximate surface area is 119 Å². The van der Waals surface area contributed by atoms with Crippen molar-refractivity contribution in [3.05, 3.63) is 41.9 Å². The maximum Gasteiger partial charge on any atom is 0.128 e. The predicted molar refractivity (Wildman–Crippen MR) is 77.7 cm³/mol. The van der Waals surface area contributed by atoms with Crippen molar-refractivity contribution in [3.63, 3.8) is 0 Å². The molecule has 0 amide bonds. The second-order valence-corrected chi connectivity index (χ2v) is 5.16. The molecule has 0 atom stereocenters. The van der Waals surface area contributed by atoms with E-state index in [1.54, 1.807) is 7.11 Å². The van der Waals surface area contributed by atoms with Gasteiger partial charge in [0.05, 0.1) is 18.8 Å². The highest BCUT2D eigenvalue weighted by Crippen LogP contribution is 2.17. The molecule has 1 saturated heterocycles. The van der Waals surface area contributed by atoms with Crippen molar-refractivity contribution < 1.29 is 4.74 Å². The molecule has 0 aromatic carbocycles. The van der Waals surface area contributed by atoms with Gasteiger partial charge in [0.2, 0.25) is 0 Å². The van der Waals surface area contributed by atoms with Crippen LogP contribution in [-0.4, -0.2) is 35.0 Å². The number of hydrogen-bond acceptors (Lipinski definition) is 4. The fraction of sp³-hybridized carbons (Fsp3) is 0.467. The summed E-state index contributed by atoms with van der Waals surface area (Å²) >= 11 is 0. The molecule has 0 radical (unpaired) electrons. The molecule has 0 spiro atoms. The number of nitrogens with zero attached hydrogens (tertiary/aromatic N) is 4. The van der Waals surface area contributed by atoms with E-state index < -0.39 is 0 Å². The predicted octanol–water partition coefficient (Wildman–Crippen LogP) is 2.07. The van der Waals surface area contributed by atoms with Crippen molar-refractivity contribution in [1.29, 1.82) is 0 Å². The molecule has 2 aromatic heterocycles. The fourth-order valence-electron chi connectivity index (χ4n) is 2.55. The zero-order valence-corrected chi connectivity index (χ0v) is 11.8. The van der Waals surface area contributed by atoms with Crippen molar-refractivity contribution >= 4 is 5.82 Å². The Morgan fingerprint density at radius 2 is 2.05 bits per heavy atom. The number of anilines is 1. The Bertz CT molecular complexity index is 543. The van der Waals surface area contributed by atoms with Crippen LogP contribution in [0.4, 0.5) is 5.82 Å². The summed E-state index contributed by atoms with van der Waals surface area (Å²) in [7, 11) is 1.68. The van der Waals surface area contributed by atoms with Crippen LogP contribution in [0.15, 0.2) is 30.6 Å². The smallest absolute Gasteiger partial charge is 0.128 e. The van der Waals surface area contributed by atoms with Crippen LogP contribution in [0.25, 0.3) is 0 Å². The average Bonchev–Trinajstić information content (AvgIpc) is 3.12. The lowest BCUT2D eigenvalue weighted by Gasteiger charge is -2.16. The quantitative estimate of drug-likeness (QED) is 0.836. The molecule has 0 aliphatic carbocycles. The highest BCUT2D eigenvalue weighted by molar-refractivity contribution is 5.40. The van der Waals surface area contributed by atoms with Crippen molar-refractivity contribution in [2.75, 3.05) is 25.1 Å². The number of ether oxygens (including phenoxy) is 1. The molecule has 0 N–H and O–H groups in total. The first-order valence-corrected chi connectivity index (χ1v) is 7.06. The van der Waals surface area contributed by atoms with Crippen LogP contribution in [0.5, 0.6) is 0 Å². The molecule has 0 bridgehead atoms. The second-order valence-electron chi connectivity index (χ2n) is 5.16. The highest BCUT2D eigenvalue weighted by atomic mass is 16.5. The molecule has 1 fully saturated rings. The highest BCUT2D eigenvalue weighted by Gasteiger charge is 2.12. The average molecular weight is 272 g/mol. The van der Waals surface area contributed by atoms with Crippen LogP contribution < -0.4 is 4.90 Å². The largest absolute Gasteiger partial charge is 0.378 e. The first kappa shape index (κ1) is 13.1. The minimum absolute atomic E-state index is 0.555. The van der Waals surface area contributed by atoms with Gasteiger partial charge < -0.3 is 9.64 Å². The number of aromatic nitrogens is 3. The minimum Gasteiger partial charge on any atom is -0.378 e. The van der Waals surface area contributed by atoms with E-state index in [-0.39, 0.29) is 0 Å². The molecule has 1 aliphatic rings. The van der Waals surface area contributed by atoms with Crippen LogP contribution >= 0.6 is 0 Å². The summed E-state index contributed by atoms with van der Waals surface area (Å²) < 4.78 is 6.99. The van der Waals surface area contributed by atoms with Crippen molar-refractivity contribution in [2.24, 2.45) is 0 Å². The summed E-state index contributed by atoms with van der Waals surface area (Å²) in [5.74, 6) is 1.09. The van der Waals surface area contributed by atoms with Crippen molar-refractivity contribution in [3.8, 4) is 0 Å². The third kappa shape index (κ3) is 2.99. The molecule has 3 rings (SSSR count). The Morgan fingerprint density at radius 1 is 1.20 bits per heavy atom. The van der Waals surface area contributed by atoms with E-state index in [1.807, 2.05) is 23.1 Å². The first-order chi connectivity index (χ1) is 9.85. The Balaban J connectivity index is 1.64. The molecule has 2 aromatic rings. The van der Waals surface area contributed by atoms with Gasteiger partial charge in [-0.2, -0.15) is 5.10 Å². The van der Waals surface area contributed by atoms with E-state index in [0.29, 0.717) is 6.61 Å². The van der Waals surface area contributed by atoms with E-state index >= 15 is 0 Å². The van der Waals surface area contributed by atoms with Gasteiger partial charge in [-0.05, 0) is 30.5 Å². The van der Waals surface area contributed by atoms with Crippen molar-refractivity contribution in [2.45, 2.75) is 26.0 Å². The van der Waals surface area contributed by atoms with Crippen molar-refractivity contribution in [1.82, 2.24) is 14.8 Å². The topological polar surface area (TPSA) is 43.2 Å². The molecule has 1 aliphatic heterocycles. The number of rotatable bonds is 5. The number of hydrogen-bond donors (Lipinski definition) is 0. The van der Waals surface area contributed by atoms with Crippen LogP contribution in [0, 0.1) is 0 Å². The molecular weight excluding hydrogens is 252 g/mol. The fourth-order valence-corrected chi connectivity index (χ4v) is 2.55. The lowest BCUT2D eigenvalue weighted by molar-refractivity contribution is 0.181. The molecule has 0 saturated carbocycles.